The third-order valence-electron chi connectivity index (χ3n) is 3.99. The average molecular weight is 345 g/mol. The van der Waals surface area contributed by atoms with Gasteiger partial charge in [-0.2, -0.15) is 0 Å². The van der Waals surface area contributed by atoms with Crippen molar-refractivity contribution < 1.29 is 14.3 Å². The molecule has 0 spiro atoms. The predicted octanol–water partition coefficient (Wildman–Crippen LogP) is 4.11. The van der Waals surface area contributed by atoms with E-state index < -0.39 is 0 Å². The Bertz CT molecular complexity index is 885. The molecule has 0 heterocycles. The molecule has 4 heteroatoms. The number of rotatable bonds is 6. The van der Waals surface area contributed by atoms with Gasteiger partial charge in [-0.05, 0) is 42.0 Å². The normalized spacial score (nSPS) is 10.2. The van der Waals surface area contributed by atoms with Crippen LogP contribution in [0.3, 0.4) is 0 Å². The fourth-order valence-corrected chi connectivity index (χ4v) is 2.60. The third-order valence-corrected chi connectivity index (χ3v) is 3.99. The number of ether oxygens (including phenoxy) is 1. The summed E-state index contributed by atoms with van der Waals surface area (Å²) >= 11 is 0. The first-order valence-electron chi connectivity index (χ1n) is 8.28. The maximum atomic E-state index is 12.4. The largest absolute Gasteiger partial charge is 0.497 e. The van der Waals surface area contributed by atoms with Gasteiger partial charge in [0, 0.05) is 16.8 Å². The Hall–Kier alpha value is -3.40. The van der Waals surface area contributed by atoms with Gasteiger partial charge in [-0.1, -0.05) is 42.5 Å². The first-order chi connectivity index (χ1) is 12.7. The van der Waals surface area contributed by atoms with Crippen LogP contribution in [0.15, 0.2) is 78.9 Å². The Balaban J connectivity index is 1.61. The highest BCUT2D eigenvalue weighted by molar-refractivity contribution is 6.09. The Morgan fingerprint density at radius 3 is 2.04 bits per heavy atom. The zero-order chi connectivity index (χ0) is 18.4. The molecular weight excluding hydrogens is 326 g/mol. The minimum absolute atomic E-state index is 0.0401. The van der Waals surface area contributed by atoms with Crippen LogP contribution in [0, 0.1) is 0 Å². The summed E-state index contributed by atoms with van der Waals surface area (Å²) in [5.74, 6) is 0.604. The summed E-state index contributed by atoms with van der Waals surface area (Å²) < 4.78 is 5.10. The molecule has 130 valence electrons. The molecule has 4 nitrogen and oxygen atoms in total. The van der Waals surface area contributed by atoms with Crippen molar-refractivity contribution in [3.63, 3.8) is 0 Å². The van der Waals surface area contributed by atoms with Crippen molar-refractivity contribution in [3.05, 3.63) is 95.6 Å². The summed E-state index contributed by atoms with van der Waals surface area (Å²) in [6, 6.07) is 23.4. The van der Waals surface area contributed by atoms with Crippen LogP contribution >= 0.6 is 0 Å². The van der Waals surface area contributed by atoms with Gasteiger partial charge < -0.3 is 10.1 Å². The minimum atomic E-state index is -0.114. The molecule has 0 radical (unpaired) electrons. The number of hydrogen-bond donors (Lipinski definition) is 1. The summed E-state index contributed by atoms with van der Waals surface area (Å²) in [5.41, 5.74) is 2.79. The van der Waals surface area contributed by atoms with E-state index in [1.54, 1.807) is 43.5 Å². The van der Waals surface area contributed by atoms with Gasteiger partial charge in [-0.25, -0.2) is 0 Å². The van der Waals surface area contributed by atoms with Crippen molar-refractivity contribution in [2.24, 2.45) is 0 Å². The van der Waals surface area contributed by atoms with Crippen LogP contribution in [0.1, 0.15) is 21.5 Å². The molecule has 3 aromatic carbocycles. The SMILES string of the molecule is COc1ccc(CC(=O)Nc2ccc(C(=O)c3ccccc3)cc2)cc1. The van der Waals surface area contributed by atoms with Gasteiger partial charge in [0.1, 0.15) is 5.75 Å². The molecule has 0 saturated carbocycles. The molecule has 0 saturated heterocycles. The van der Waals surface area contributed by atoms with Gasteiger partial charge in [0.15, 0.2) is 5.78 Å². The fourth-order valence-electron chi connectivity index (χ4n) is 2.60. The van der Waals surface area contributed by atoms with Gasteiger partial charge in [-0.15, -0.1) is 0 Å². The summed E-state index contributed by atoms with van der Waals surface area (Å²) in [7, 11) is 1.61. The number of carbonyl (C=O) groups excluding carboxylic acids is 2. The first-order valence-corrected chi connectivity index (χ1v) is 8.28. The molecule has 3 aromatic rings. The number of carbonyl (C=O) groups is 2. The van der Waals surface area contributed by atoms with Crippen LogP contribution < -0.4 is 10.1 Å². The minimum Gasteiger partial charge on any atom is -0.497 e. The van der Waals surface area contributed by atoms with E-state index in [-0.39, 0.29) is 18.1 Å². The molecule has 26 heavy (non-hydrogen) atoms. The number of amides is 1. The molecule has 1 amide bonds. The Morgan fingerprint density at radius 2 is 1.42 bits per heavy atom. The van der Waals surface area contributed by atoms with Gasteiger partial charge in [-0.3, -0.25) is 9.59 Å². The second-order valence-electron chi connectivity index (χ2n) is 5.85. The average Bonchev–Trinajstić information content (AvgIpc) is 2.69. The van der Waals surface area contributed by atoms with E-state index in [0.29, 0.717) is 16.8 Å². The maximum Gasteiger partial charge on any atom is 0.228 e. The van der Waals surface area contributed by atoms with Crippen molar-refractivity contribution in [2.75, 3.05) is 12.4 Å². The van der Waals surface area contributed by atoms with Crippen molar-refractivity contribution >= 4 is 17.4 Å². The monoisotopic (exact) mass is 345 g/mol. The molecule has 0 bridgehead atoms. The molecule has 3 rings (SSSR count). The number of hydrogen-bond acceptors (Lipinski definition) is 3. The summed E-state index contributed by atoms with van der Waals surface area (Å²) in [6.07, 6.45) is 0.273. The molecular formula is C22H19NO3. The van der Waals surface area contributed by atoms with E-state index in [2.05, 4.69) is 5.32 Å². The van der Waals surface area contributed by atoms with Crippen LogP contribution in [0.5, 0.6) is 5.75 Å². The Morgan fingerprint density at radius 1 is 0.808 bits per heavy atom. The topological polar surface area (TPSA) is 55.4 Å². The third kappa shape index (κ3) is 4.36. The second-order valence-corrected chi connectivity index (χ2v) is 5.85. The summed E-state index contributed by atoms with van der Waals surface area (Å²) in [4.78, 5) is 24.5. The molecule has 0 aliphatic heterocycles. The molecule has 0 aromatic heterocycles. The number of methoxy groups -OCH3 is 1. The highest BCUT2D eigenvalue weighted by Gasteiger charge is 2.09. The van der Waals surface area contributed by atoms with Crippen molar-refractivity contribution in [2.45, 2.75) is 6.42 Å². The van der Waals surface area contributed by atoms with Crippen molar-refractivity contribution in [3.8, 4) is 5.75 Å². The highest BCUT2D eigenvalue weighted by Crippen LogP contribution is 2.15. The smallest absolute Gasteiger partial charge is 0.228 e. The van der Waals surface area contributed by atoms with Gasteiger partial charge in [0.25, 0.3) is 0 Å². The second kappa shape index (κ2) is 8.12. The lowest BCUT2D eigenvalue weighted by molar-refractivity contribution is -0.115. The lowest BCUT2D eigenvalue weighted by Gasteiger charge is -2.07. The molecule has 0 aliphatic rings. The predicted molar refractivity (Wildman–Crippen MR) is 102 cm³/mol. The Kier molecular flexibility index (Phi) is 5.44. The first kappa shape index (κ1) is 17.4. The van der Waals surface area contributed by atoms with Crippen molar-refractivity contribution in [1.29, 1.82) is 0 Å². The van der Waals surface area contributed by atoms with Crippen LogP contribution in [0.25, 0.3) is 0 Å². The van der Waals surface area contributed by atoms with Crippen LogP contribution in [-0.2, 0) is 11.2 Å². The number of anilines is 1. The lowest BCUT2D eigenvalue weighted by atomic mass is 10.0. The summed E-state index contributed by atoms with van der Waals surface area (Å²) in [5, 5.41) is 2.84. The molecule has 0 fully saturated rings. The highest BCUT2D eigenvalue weighted by atomic mass is 16.5. The fraction of sp³-hybridized carbons (Fsp3) is 0.0909. The van der Waals surface area contributed by atoms with E-state index >= 15 is 0 Å². The van der Waals surface area contributed by atoms with E-state index in [4.69, 9.17) is 4.74 Å². The molecule has 1 N–H and O–H groups in total. The Labute approximate surface area is 152 Å². The van der Waals surface area contributed by atoms with Gasteiger partial charge in [0.2, 0.25) is 5.91 Å². The van der Waals surface area contributed by atoms with E-state index in [1.807, 2.05) is 42.5 Å². The van der Waals surface area contributed by atoms with Gasteiger partial charge >= 0.3 is 0 Å². The molecule has 0 aliphatic carbocycles. The van der Waals surface area contributed by atoms with E-state index in [9.17, 15) is 9.59 Å². The van der Waals surface area contributed by atoms with Crippen LogP contribution in [-0.4, -0.2) is 18.8 Å². The zero-order valence-corrected chi connectivity index (χ0v) is 14.4. The van der Waals surface area contributed by atoms with E-state index in [1.165, 1.54) is 0 Å². The van der Waals surface area contributed by atoms with Gasteiger partial charge in [0.05, 0.1) is 13.5 Å². The summed E-state index contributed by atoms with van der Waals surface area (Å²) in [6.45, 7) is 0. The molecule has 0 unspecified atom stereocenters. The van der Waals surface area contributed by atoms with E-state index in [0.717, 1.165) is 11.3 Å². The maximum absolute atomic E-state index is 12.4. The standard InChI is InChI=1S/C22H19NO3/c1-26-20-13-7-16(8-14-20)15-21(24)23-19-11-9-18(10-12-19)22(25)17-5-3-2-4-6-17/h2-14H,15H2,1H3,(H,23,24). The van der Waals surface area contributed by atoms with Crippen molar-refractivity contribution in [1.82, 2.24) is 0 Å². The molecule has 0 atom stereocenters. The quantitative estimate of drug-likeness (QED) is 0.684. The number of nitrogens with one attached hydrogen (secondary N) is 1. The number of ketones is 1. The number of benzene rings is 3. The zero-order valence-electron chi connectivity index (χ0n) is 14.4. The lowest BCUT2D eigenvalue weighted by Crippen LogP contribution is -2.14. The van der Waals surface area contributed by atoms with Crippen LogP contribution in [0.4, 0.5) is 5.69 Å². The van der Waals surface area contributed by atoms with Crippen LogP contribution in [0.2, 0.25) is 0 Å².